The molecule has 1 aromatic carbocycles. The maximum absolute atomic E-state index is 5.83. The van der Waals surface area contributed by atoms with E-state index in [4.69, 9.17) is 10.5 Å². The van der Waals surface area contributed by atoms with Crippen molar-refractivity contribution in [2.45, 2.75) is 6.92 Å². The van der Waals surface area contributed by atoms with Gasteiger partial charge in [-0.1, -0.05) is 12.1 Å². The molecule has 2 aromatic heterocycles. The zero-order chi connectivity index (χ0) is 14.7. The van der Waals surface area contributed by atoms with E-state index in [2.05, 4.69) is 15.4 Å². The summed E-state index contributed by atoms with van der Waals surface area (Å²) in [5, 5.41) is 7.49. The van der Waals surface area contributed by atoms with Crippen molar-refractivity contribution in [2.24, 2.45) is 0 Å². The van der Waals surface area contributed by atoms with Crippen LogP contribution in [0, 0.1) is 6.92 Å². The molecule has 3 rings (SSSR count). The fourth-order valence-electron chi connectivity index (χ4n) is 2.13. The van der Waals surface area contributed by atoms with Crippen LogP contribution in [0.15, 0.2) is 42.7 Å². The Kier molecular flexibility index (Phi) is 3.59. The van der Waals surface area contributed by atoms with E-state index in [1.165, 1.54) is 0 Å². The van der Waals surface area contributed by atoms with Gasteiger partial charge in [0.05, 0.1) is 12.2 Å². The molecule has 21 heavy (non-hydrogen) atoms. The summed E-state index contributed by atoms with van der Waals surface area (Å²) in [6.07, 6.45) is 1.54. The average molecular weight is 283 g/mol. The molecular weight excluding hydrogens is 266 g/mol. The maximum atomic E-state index is 5.83. The number of nitrogen functional groups attached to an aromatic ring is 1. The number of pyridine rings is 1. The van der Waals surface area contributed by atoms with Gasteiger partial charge < -0.3 is 15.8 Å². The molecule has 0 radical (unpaired) electrons. The van der Waals surface area contributed by atoms with Crippen molar-refractivity contribution < 1.29 is 4.74 Å². The summed E-state index contributed by atoms with van der Waals surface area (Å²) in [5.74, 6) is 1.60. The molecule has 108 valence electrons. The van der Waals surface area contributed by atoms with Crippen LogP contribution in [-0.2, 0) is 0 Å². The van der Waals surface area contributed by atoms with Gasteiger partial charge in [0.2, 0.25) is 0 Å². The van der Waals surface area contributed by atoms with Gasteiger partial charge in [0.25, 0.3) is 0 Å². The molecule has 0 aliphatic rings. The van der Waals surface area contributed by atoms with Crippen LogP contribution in [0.3, 0.4) is 0 Å². The summed E-state index contributed by atoms with van der Waals surface area (Å²) in [4.78, 5) is 4.19. The van der Waals surface area contributed by atoms with Crippen LogP contribution < -0.4 is 15.8 Å². The van der Waals surface area contributed by atoms with Gasteiger partial charge in [-0.15, -0.1) is 0 Å². The lowest BCUT2D eigenvalue weighted by Gasteiger charge is -2.11. The van der Waals surface area contributed by atoms with E-state index in [-0.39, 0.29) is 0 Å². The number of hydrogen-bond donors (Lipinski definition) is 2. The van der Waals surface area contributed by atoms with E-state index in [9.17, 15) is 0 Å². The second-order valence-electron chi connectivity index (χ2n) is 4.76. The number of ether oxygens (including phenoxy) is 1. The van der Waals surface area contributed by atoms with Crippen molar-refractivity contribution in [2.75, 3.05) is 24.2 Å². The molecule has 0 fully saturated rings. The molecule has 2 heterocycles. The number of fused-ring (bicyclic) bond motifs is 1. The molecule has 3 N–H and O–H groups in total. The summed E-state index contributed by atoms with van der Waals surface area (Å²) in [7, 11) is 0. The Bertz CT molecular complexity index is 753. The third-order valence-electron chi connectivity index (χ3n) is 3.11. The SMILES string of the molecule is Cc1cc(NCCOc2ccccc2N)n2ncnc2c1. The highest BCUT2D eigenvalue weighted by atomic mass is 16.5. The van der Waals surface area contributed by atoms with Gasteiger partial charge in [-0.3, -0.25) is 0 Å². The Labute approximate surface area is 122 Å². The quantitative estimate of drug-likeness (QED) is 0.554. The van der Waals surface area contributed by atoms with Gasteiger partial charge in [-0.25, -0.2) is 4.98 Å². The molecular formula is C15H17N5O. The van der Waals surface area contributed by atoms with Crippen molar-refractivity contribution in [1.29, 1.82) is 0 Å². The fourth-order valence-corrected chi connectivity index (χ4v) is 2.13. The Balaban J connectivity index is 1.62. The van der Waals surface area contributed by atoms with Gasteiger partial charge in [-0.05, 0) is 36.8 Å². The van der Waals surface area contributed by atoms with Crippen molar-refractivity contribution in [3.63, 3.8) is 0 Å². The second-order valence-corrected chi connectivity index (χ2v) is 4.76. The number of aryl methyl sites for hydroxylation is 1. The lowest BCUT2D eigenvalue weighted by Crippen LogP contribution is -2.14. The number of rotatable bonds is 5. The number of anilines is 2. The Morgan fingerprint density at radius 2 is 2.14 bits per heavy atom. The summed E-state index contributed by atoms with van der Waals surface area (Å²) >= 11 is 0. The Morgan fingerprint density at radius 1 is 1.29 bits per heavy atom. The second kappa shape index (κ2) is 5.70. The first-order valence-electron chi connectivity index (χ1n) is 6.75. The van der Waals surface area contributed by atoms with Crippen LogP contribution in [0.25, 0.3) is 5.65 Å². The lowest BCUT2D eigenvalue weighted by molar-refractivity contribution is 0.334. The summed E-state index contributed by atoms with van der Waals surface area (Å²) < 4.78 is 7.42. The molecule has 0 unspecified atom stereocenters. The summed E-state index contributed by atoms with van der Waals surface area (Å²) in [5.41, 5.74) is 8.43. The lowest BCUT2D eigenvalue weighted by atomic mass is 10.3. The van der Waals surface area contributed by atoms with Gasteiger partial charge in [-0.2, -0.15) is 9.61 Å². The van der Waals surface area contributed by atoms with Crippen molar-refractivity contribution in [3.05, 3.63) is 48.3 Å². The van der Waals surface area contributed by atoms with Crippen LogP contribution >= 0.6 is 0 Å². The minimum Gasteiger partial charge on any atom is -0.490 e. The first-order valence-corrected chi connectivity index (χ1v) is 6.75. The molecule has 0 saturated heterocycles. The summed E-state index contributed by atoms with van der Waals surface area (Å²) in [6.45, 7) is 3.19. The van der Waals surface area contributed by atoms with E-state index in [0.717, 1.165) is 17.0 Å². The minimum absolute atomic E-state index is 0.512. The zero-order valence-corrected chi connectivity index (χ0v) is 11.8. The van der Waals surface area contributed by atoms with Gasteiger partial charge >= 0.3 is 0 Å². The number of nitrogens with two attached hydrogens (primary N) is 1. The van der Waals surface area contributed by atoms with Crippen molar-refractivity contribution in [3.8, 4) is 5.75 Å². The number of benzene rings is 1. The highest BCUT2D eigenvalue weighted by molar-refractivity contribution is 5.52. The van der Waals surface area contributed by atoms with Crippen LogP contribution in [-0.4, -0.2) is 27.7 Å². The predicted molar refractivity (Wildman–Crippen MR) is 82.6 cm³/mol. The van der Waals surface area contributed by atoms with E-state index >= 15 is 0 Å². The topological polar surface area (TPSA) is 77.5 Å². The molecule has 6 nitrogen and oxygen atoms in total. The first-order chi connectivity index (χ1) is 10.2. The zero-order valence-electron chi connectivity index (χ0n) is 11.8. The molecule has 0 bridgehead atoms. The van der Waals surface area contributed by atoms with Crippen molar-refractivity contribution in [1.82, 2.24) is 14.6 Å². The van der Waals surface area contributed by atoms with E-state index in [0.29, 0.717) is 24.6 Å². The van der Waals surface area contributed by atoms with Crippen molar-refractivity contribution >= 4 is 17.2 Å². The maximum Gasteiger partial charge on any atom is 0.157 e. The summed E-state index contributed by atoms with van der Waals surface area (Å²) in [6, 6.07) is 11.5. The molecule has 0 aliphatic heterocycles. The molecule has 0 saturated carbocycles. The number of nitrogens with one attached hydrogen (secondary N) is 1. The Hall–Kier alpha value is -2.76. The average Bonchev–Trinajstić information content (AvgIpc) is 2.93. The predicted octanol–water partition coefficient (Wildman–Crippen LogP) is 2.11. The monoisotopic (exact) mass is 283 g/mol. The van der Waals surface area contributed by atoms with Crippen LogP contribution in [0.1, 0.15) is 5.56 Å². The van der Waals surface area contributed by atoms with Crippen LogP contribution in [0.4, 0.5) is 11.5 Å². The van der Waals surface area contributed by atoms with Crippen LogP contribution in [0.2, 0.25) is 0 Å². The number of para-hydroxylation sites is 2. The largest absolute Gasteiger partial charge is 0.490 e. The van der Waals surface area contributed by atoms with Gasteiger partial charge in [0.15, 0.2) is 5.65 Å². The van der Waals surface area contributed by atoms with E-state index < -0.39 is 0 Å². The molecule has 0 amide bonds. The number of aromatic nitrogens is 3. The normalized spacial score (nSPS) is 10.7. The van der Waals surface area contributed by atoms with Gasteiger partial charge in [0.1, 0.15) is 24.5 Å². The highest BCUT2D eigenvalue weighted by Crippen LogP contribution is 2.19. The third kappa shape index (κ3) is 2.89. The molecule has 6 heteroatoms. The molecule has 0 spiro atoms. The molecule has 0 aliphatic carbocycles. The smallest absolute Gasteiger partial charge is 0.157 e. The fraction of sp³-hybridized carbons (Fsp3) is 0.200. The van der Waals surface area contributed by atoms with E-state index in [1.807, 2.05) is 43.3 Å². The molecule has 0 atom stereocenters. The Morgan fingerprint density at radius 3 is 3.00 bits per heavy atom. The first kappa shape index (κ1) is 13.2. The van der Waals surface area contributed by atoms with Crippen LogP contribution in [0.5, 0.6) is 5.75 Å². The standard InChI is InChI=1S/C15H17N5O/c1-11-8-14(20-15(9-11)18-10-19-20)17-6-7-21-13-5-3-2-4-12(13)16/h2-5,8-10,17H,6-7,16H2,1H3. The molecule has 3 aromatic rings. The third-order valence-corrected chi connectivity index (χ3v) is 3.11. The van der Waals surface area contributed by atoms with E-state index in [1.54, 1.807) is 10.8 Å². The highest BCUT2D eigenvalue weighted by Gasteiger charge is 2.04. The van der Waals surface area contributed by atoms with Gasteiger partial charge in [0, 0.05) is 0 Å². The number of nitrogens with zero attached hydrogens (tertiary/aromatic N) is 3. The minimum atomic E-state index is 0.512. The number of hydrogen-bond acceptors (Lipinski definition) is 5.